The summed E-state index contributed by atoms with van der Waals surface area (Å²) in [5, 5.41) is 6.33. The molecule has 2 N–H and O–H groups in total. The molecule has 0 aromatic heterocycles. The molecule has 0 saturated heterocycles. The quantitative estimate of drug-likeness (QED) is 0.385. The fourth-order valence-electron chi connectivity index (χ4n) is 2.43. The number of ether oxygens (including phenoxy) is 1. The van der Waals surface area contributed by atoms with Crippen LogP contribution in [0.5, 0.6) is 5.75 Å². The molecule has 0 aliphatic carbocycles. The Hall–Kier alpha value is -3.93. The van der Waals surface area contributed by atoms with Crippen LogP contribution in [-0.2, 0) is 16.2 Å². The summed E-state index contributed by atoms with van der Waals surface area (Å²) in [5.74, 6) is -0.896. The molecule has 6 heteroatoms. The van der Waals surface area contributed by atoms with Crippen molar-refractivity contribution in [1.82, 2.24) is 5.43 Å². The normalized spacial score (nSPS) is 10.5. The van der Waals surface area contributed by atoms with Crippen molar-refractivity contribution < 1.29 is 14.3 Å². The van der Waals surface area contributed by atoms with Crippen LogP contribution in [0.1, 0.15) is 16.7 Å². The Kier molecular flexibility index (Phi) is 6.73. The molecule has 0 unspecified atom stereocenters. The predicted molar refractivity (Wildman–Crippen MR) is 113 cm³/mol. The highest BCUT2D eigenvalue weighted by Gasteiger charge is 2.12. The van der Waals surface area contributed by atoms with Crippen molar-refractivity contribution in [2.75, 3.05) is 5.32 Å². The van der Waals surface area contributed by atoms with Gasteiger partial charge in [0.15, 0.2) is 0 Å². The molecule has 29 heavy (non-hydrogen) atoms. The first-order valence-corrected chi connectivity index (χ1v) is 9.08. The van der Waals surface area contributed by atoms with Crippen molar-refractivity contribution in [3.05, 3.63) is 95.6 Å². The Morgan fingerprint density at radius 2 is 1.59 bits per heavy atom. The van der Waals surface area contributed by atoms with Crippen molar-refractivity contribution in [2.45, 2.75) is 13.5 Å². The zero-order chi connectivity index (χ0) is 20.5. The minimum Gasteiger partial charge on any atom is -0.489 e. The SMILES string of the molecule is Cc1ccc(NC(=O)C(=O)N/N=C/c2ccc(OCc3ccccc3)cc2)cc1. The minimum absolute atomic E-state index is 0.487. The van der Waals surface area contributed by atoms with Gasteiger partial charge in [0, 0.05) is 5.69 Å². The number of hydrogen-bond donors (Lipinski definition) is 2. The Morgan fingerprint density at radius 3 is 2.28 bits per heavy atom. The number of benzene rings is 3. The zero-order valence-electron chi connectivity index (χ0n) is 16.0. The van der Waals surface area contributed by atoms with E-state index in [-0.39, 0.29) is 0 Å². The van der Waals surface area contributed by atoms with Crippen molar-refractivity contribution in [2.24, 2.45) is 5.10 Å². The standard InChI is InChI=1S/C23H21N3O3/c1-17-7-11-20(12-8-17)25-22(27)23(28)26-24-15-18-9-13-21(14-10-18)29-16-19-5-3-2-4-6-19/h2-15H,16H2,1H3,(H,25,27)(H,26,28)/b24-15+. The van der Waals surface area contributed by atoms with Gasteiger partial charge in [-0.3, -0.25) is 9.59 Å². The summed E-state index contributed by atoms with van der Waals surface area (Å²) < 4.78 is 5.72. The smallest absolute Gasteiger partial charge is 0.329 e. The fourth-order valence-corrected chi connectivity index (χ4v) is 2.43. The lowest BCUT2D eigenvalue weighted by atomic mass is 10.2. The summed E-state index contributed by atoms with van der Waals surface area (Å²) in [4.78, 5) is 23.7. The lowest BCUT2D eigenvalue weighted by Crippen LogP contribution is -2.32. The van der Waals surface area contributed by atoms with Gasteiger partial charge in [-0.25, -0.2) is 5.43 Å². The monoisotopic (exact) mass is 387 g/mol. The van der Waals surface area contributed by atoms with Crippen molar-refractivity contribution >= 4 is 23.7 Å². The highest BCUT2D eigenvalue weighted by atomic mass is 16.5. The number of nitrogens with one attached hydrogen (secondary N) is 2. The van der Waals surface area contributed by atoms with E-state index in [0.29, 0.717) is 12.3 Å². The number of anilines is 1. The van der Waals surface area contributed by atoms with E-state index < -0.39 is 11.8 Å². The van der Waals surface area contributed by atoms with Gasteiger partial charge in [0.25, 0.3) is 0 Å². The molecule has 0 fully saturated rings. The topological polar surface area (TPSA) is 79.8 Å². The van der Waals surface area contributed by atoms with Crippen LogP contribution < -0.4 is 15.5 Å². The van der Waals surface area contributed by atoms with E-state index in [2.05, 4.69) is 15.8 Å². The first-order chi connectivity index (χ1) is 14.1. The van der Waals surface area contributed by atoms with Gasteiger partial charge in [-0.2, -0.15) is 5.10 Å². The molecule has 3 rings (SSSR count). The van der Waals surface area contributed by atoms with E-state index in [9.17, 15) is 9.59 Å². The second-order valence-corrected chi connectivity index (χ2v) is 6.36. The molecule has 0 bridgehead atoms. The number of carbonyl (C=O) groups excluding carboxylic acids is 2. The average molecular weight is 387 g/mol. The van der Waals surface area contributed by atoms with Gasteiger partial charge in [0.1, 0.15) is 12.4 Å². The second-order valence-electron chi connectivity index (χ2n) is 6.36. The Morgan fingerprint density at radius 1 is 0.897 bits per heavy atom. The summed E-state index contributed by atoms with van der Waals surface area (Å²) in [7, 11) is 0. The molecule has 2 amide bonds. The lowest BCUT2D eigenvalue weighted by Gasteiger charge is -2.06. The van der Waals surface area contributed by atoms with Crippen molar-refractivity contribution in [3.8, 4) is 5.75 Å². The van der Waals surface area contributed by atoms with E-state index in [1.807, 2.05) is 73.7 Å². The Balaban J connectivity index is 1.46. The van der Waals surface area contributed by atoms with Crippen LogP contribution >= 0.6 is 0 Å². The first-order valence-electron chi connectivity index (χ1n) is 9.08. The molecule has 0 atom stereocenters. The number of hydrazone groups is 1. The molecule has 146 valence electrons. The van der Waals surface area contributed by atoms with Gasteiger partial charge in [-0.1, -0.05) is 48.0 Å². The Bertz CT molecular complexity index is 982. The van der Waals surface area contributed by atoms with Crippen LogP contribution in [0, 0.1) is 6.92 Å². The van der Waals surface area contributed by atoms with Crippen LogP contribution in [0.4, 0.5) is 5.69 Å². The molecule has 3 aromatic rings. The number of carbonyl (C=O) groups is 2. The molecule has 0 aliphatic heterocycles. The number of amides is 2. The molecule has 0 heterocycles. The van der Waals surface area contributed by atoms with Gasteiger partial charge in [-0.15, -0.1) is 0 Å². The summed E-state index contributed by atoms with van der Waals surface area (Å²) in [6.07, 6.45) is 1.46. The predicted octanol–water partition coefficient (Wildman–Crippen LogP) is 3.66. The molecule has 6 nitrogen and oxygen atoms in total. The third-order valence-electron chi connectivity index (χ3n) is 4.02. The number of nitrogens with zero attached hydrogens (tertiary/aromatic N) is 1. The van der Waals surface area contributed by atoms with E-state index in [1.54, 1.807) is 12.1 Å². The third-order valence-corrected chi connectivity index (χ3v) is 4.02. The van der Waals surface area contributed by atoms with Gasteiger partial charge >= 0.3 is 11.8 Å². The minimum atomic E-state index is -0.843. The molecular formula is C23H21N3O3. The van der Waals surface area contributed by atoms with Crippen LogP contribution in [0.2, 0.25) is 0 Å². The molecule has 3 aromatic carbocycles. The lowest BCUT2D eigenvalue weighted by molar-refractivity contribution is -0.136. The maximum atomic E-state index is 11.9. The summed E-state index contributed by atoms with van der Waals surface area (Å²) >= 11 is 0. The van der Waals surface area contributed by atoms with Gasteiger partial charge in [0.05, 0.1) is 6.21 Å². The third kappa shape index (κ3) is 6.32. The van der Waals surface area contributed by atoms with E-state index in [1.165, 1.54) is 6.21 Å². The van der Waals surface area contributed by atoms with E-state index in [0.717, 1.165) is 22.4 Å². The average Bonchev–Trinajstić information content (AvgIpc) is 2.75. The van der Waals surface area contributed by atoms with E-state index in [4.69, 9.17) is 4.74 Å². The van der Waals surface area contributed by atoms with Crippen molar-refractivity contribution in [3.63, 3.8) is 0 Å². The summed E-state index contributed by atoms with van der Waals surface area (Å²) in [6.45, 7) is 2.43. The maximum Gasteiger partial charge on any atom is 0.329 e. The number of aryl methyl sites for hydroxylation is 1. The fraction of sp³-hybridized carbons (Fsp3) is 0.0870. The first kappa shape index (κ1) is 19.8. The van der Waals surface area contributed by atoms with Crippen LogP contribution in [0.25, 0.3) is 0 Å². The van der Waals surface area contributed by atoms with Crippen molar-refractivity contribution in [1.29, 1.82) is 0 Å². The maximum absolute atomic E-state index is 11.9. The number of hydrogen-bond acceptors (Lipinski definition) is 4. The zero-order valence-corrected chi connectivity index (χ0v) is 16.0. The van der Waals surface area contributed by atoms with Gasteiger partial charge in [-0.05, 0) is 54.4 Å². The van der Waals surface area contributed by atoms with E-state index >= 15 is 0 Å². The molecule has 0 aliphatic rings. The van der Waals surface area contributed by atoms with Crippen LogP contribution in [0.15, 0.2) is 84.0 Å². The second kappa shape index (κ2) is 9.85. The molecule has 0 radical (unpaired) electrons. The summed E-state index contributed by atoms with van der Waals surface area (Å²) in [6, 6.07) is 24.3. The van der Waals surface area contributed by atoms with Gasteiger partial charge in [0.2, 0.25) is 0 Å². The highest BCUT2D eigenvalue weighted by molar-refractivity contribution is 6.39. The van der Waals surface area contributed by atoms with Crippen LogP contribution in [-0.4, -0.2) is 18.0 Å². The Labute approximate surface area is 169 Å². The number of rotatable bonds is 6. The molecule has 0 spiro atoms. The van der Waals surface area contributed by atoms with Crippen LogP contribution in [0.3, 0.4) is 0 Å². The highest BCUT2D eigenvalue weighted by Crippen LogP contribution is 2.13. The summed E-state index contributed by atoms with van der Waals surface area (Å²) in [5.41, 5.74) is 5.67. The largest absolute Gasteiger partial charge is 0.489 e. The molecule has 0 saturated carbocycles. The molecular weight excluding hydrogens is 366 g/mol. The van der Waals surface area contributed by atoms with Gasteiger partial charge < -0.3 is 10.1 Å².